The van der Waals surface area contributed by atoms with Gasteiger partial charge < -0.3 is 10.1 Å². The highest BCUT2D eigenvalue weighted by atomic mass is 32.1. The number of ether oxygens (including phenoxy) is 1. The smallest absolute Gasteiger partial charge is 0.345 e. The Bertz CT molecular complexity index is 1200. The van der Waals surface area contributed by atoms with Crippen LogP contribution in [-0.2, 0) is 16.1 Å². The lowest BCUT2D eigenvalue weighted by Crippen LogP contribution is -2.70. The molecule has 4 amide bonds. The Balaban J connectivity index is 1.60. The van der Waals surface area contributed by atoms with Crippen LogP contribution >= 0.6 is 11.3 Å². The molecule has 11 heteroatoms. The number of amides is 4. The number of thiazole rings is 1. The van der Waals surface area contributed by atoms with E-state index in [1.807, 2.05) is 66.9 Å². The zero-order valence-electron chi connectivity index (χ0n) is 19.4. The van der Waals surface area contributed by atoms with E-state index in [1.165, 1.54) is 23.3 Å². The molecule has 1 unspecified atom stereocenters. The summed E-state index contributed by atoms with van der Waals surface area (Å²) < 4.78 is 4.65. The number of hydrogen-bond acceptors (Lipinski definition) is 8. The predicted octanol–water partition coefficient (Wildman–Crippen LogP) is 3.61. The number of benzene rings is 2. The van der Waals surface area contributed by atoms with Crippen molar-refractivity contribution in [2.24, 2.45) is 5.84 Å². The van der Waals surface area contributed by atoms with Gasteiger partial charge in [-0.15, -0.1) is 11.3 Å². The highest BCUT2D eigenvalue weighted by molar-refractivity contribution is 7.14. The van der Waals surface area contributed by atoms with Gasteiger partial charge in [0.15, 0.2) is 5.13 Å². The fourth-order valence-corrected chi connectivity index (χ4v) is 4.35. The zero-order valence-corrected chi connectivity index (χ0v) is 20.2. The van der Waals surface area contributed by atoms with E-state index in [9.17, 15) is 14.4 Å². The summed E-state index contributed by atoms with van der Waals surface area (Å²) in [5, 5.41) is 6.46. The largest absolute Gasteiger partial charge is 0.469 e. The molecule has 10 nitrogen and oxygen atoms in total. The van der Waals surface area contributed by atoms with Crippen molar-refractivity contribution in [3.63, 3.8) is 0 Å². The number of aromatic nitrogens is 1. The first kappa shape index (κ1) is 24.2. The molecule has 0 spiro atoms. The highest BCUT2D eigenvalue weighted by Gasteiger charge is 2.43. The van der Waals surface area contributed by atoms with Crippen molar-refractivity contribution in [3.05, 3.63) is 71.1 Å². The monoisotopic (exact) mass is 494 g/mol. The van der Waals surface area contributed by atoms with Crippen LogP contribution in [0.4, 0.5) is 14.7 Å². The number of nitrogens with one attached hydrogen (secondary N) is 1. The molecule has 3 N–H and O–H groups in total. The van der Waals surface area contributed by atoms with Crippen molar-refractivity contribution in [2.75, 3.05) is 19.0 Å². The summed E-state index contributed by atoms with van der Waals surface area (Å²) in [6, 6.07) is 16.1. The molecule has 1 atom stereocenters. The Hall–Kier alpha value is -3.96. The van der Waals surface area contributed by atoms with Crippen LogP contribution in [0.3, 0.4) is 0 Å². The van der Waals surface area contributed by atoms with Crippen LogP contribution in [0.5, 0.6) is 0 Å². The Morgan fingerprint density at radius 1 is 1.11 bits per heavy atom. The third-order valence-electron chi connectivity index (χ3n) is 5.55. The number of rotatable bonds is 8. The summed E-state index contributed by atoms with van der Waals surface area (Å²) >= 11 is 1.34. The van der Waals surface area contributed by atoms with E-state index in [2.05, 4.69) is 15.0 Å². The normalized spacial score (nSPS) is 16.0. The summed E-state index contributed by atoms with van der Waals surface area (Å²) in [6.45, 7) is 2.01. The first-order chi connectivity index (χ1) is 16.9. The van der Waals surface area contributed by atoms with Crippen LogP contribution in [0, 0.1) is 6.92 Å². The molecule has 0 radical (unpaired) electrons. The molecular formula is C24H26N6O4S. The van der Waals surface area contributed by atoms with Crippen LogP contribution < -0.4 is 11.2 Å². The Morgan fingerprint density at radius 2 is 1.83 bits per heavy atom. The van der Waals surface area contributed by atoms with E-state index in [0.717, 1.165) is 32.3 Å². The second-order valence-corrected chi connectivity index (χ2v) is 8.84. The number of esters is 1. The maximum absolute atomic E-state index is 13.4. The maximum Gasteiger partial charge on any atom is 0.345 e. The molecule has 182 valence electrons. The highest BCUT2D eigenvalue weighted by Crippen LogP contribution is 2.28. The van der Waals surface area contributed by atoms with Crippen LogP contribution in [0.25, 0.3) is 11.3 Å². The number of nitrogens with two attached hydrogens (primary N) is 1. The molecule has 35 heavy (non-hydrogen) atoms. The molecule has 1 fully saturated rings. The van der Waals surface area contributed by atoms with E-state index < -0.39 is 24.3 Å². The number of carbonyl (C=O) groups excluding carboxylic acids is 3. The fourth-order valence-electron chi connectivity index (χ4n) is 3.62. The molecule has 1 saturated heterocycles. The number of imide groups is 1. The zero-order chi connectivity index (χ0) is 24.9. The second-order valence-electron chi connectivity index (χ2n) is 7.99. The van der Waals surface area contributed by atoms with Gasteiger partial charge in [0.1, 0.15) is 0 Å². The lowest BCUT2D eigenvalue weighted by molar-refractivity contribution is -0.140. The summed E-state index contributed by atoms with van der Waals surface area (Å²) in [5.41, 5.74) is 3.65. The van der Waals surface area contributed by atoms with E-state index in [4.69, 9.17) is 5.84 Å². The van der Waals surface area contributed by atoms with Gasteiger partial charge in [0, 0.05) is 17.5 Å². The van der Waals surface area contributed by atoms with Gasteiger partial charge in [-0.25, -0.2) is 30.3 Å². The minimum atomic E-state index is -0.986. The number of urea groups is 2. The van der Waals surface area contributed by atoms with Crippen molar-refractivity contribution in [2.45, 2.75) is 26.2 Å². The Labute approximate surface area is 206 Å². The summed E-state index contributed by atoms with van der Waals surface area (Å²) in [6.07, 6.45) is -1.12. The molecule has 1 aliphatic rings. The minimum absolute atomic E-state index is 0.134. The lowest BCUT2D eigenvalue weighted by Gasteiger charge is -2.45. The van der Waals surface area contributed by atoms with Crippen molar-refractivity contribution in [3.8, 4) is 11.3 Å². The van der Waals surface area contributed by atoms with E-state index in [-0.39, 0.29) is 19.5 Å². The number of aryl methyl sites for hydroxylation is 1. The van der Waals surface area contributed by atoms with Crippen molar-refractivity contribution < 1.29 is 19.1 Å². The standard InChI is InChI=1S/C24H26N6O4S/c1-16-8-10-17(11-9-16)14-29-22(27-21-26-19(15-35-21)18-6-4-3-5-7-18)30(25)24(33)28(23(29)32)13-12-20(31)34-2/h3-11,15,22H,12-14,25H2,1-2H3,(H,26,27). The van der Waals surface area contributed by atoms with Gasteiger partial charge in [0.25, 0.3) is 0 Å². The molecule has 2 aromatic carbocycles. The van der Waals surface area contributed by atoms with Gasteiger partial charge in [-0.2, -0.15) is 0 Å². The maximum atomic E-state index is 13.4. The second kappa shape index (κ2) is 10.5. The average Bonchev–Trinajstić information content (AvgIpc) is 3.35. The van der Waals surface area contributed by atoms with Crippen molar-refractivity contribution in [1.82, 2.24) is 19.8 Å². The number of hydrogen-bond donors (Lipinski definition) is 2. The van der Waals surface area contributed by atoms with Gasteiger partial charge in [-0.05, 0) is 12.5 Å². The fraction of sp³-hybridized carbons (Fsp3) is 0.250. The van der Waals surface area contributed by atoms with E-state index in [0.29, 0.717) is 5.13 Å². The van der Waals surface area contributed by atoms with Crippen molar-refractivity contribution >= 4 is 34.5 Å². The Kier molecular flexibility index (Phi) is 7.28. The summed E-state index contributed by atoms with van der Waals surface area (Å²) in [5.74, 6) is 5.66. The summed E-state index contributed by atoms with van der Waals surface area (Å²) in [4.78, 5) is 45.0. The number of carbonyl (C=O) groups is 3. The molecular weight excluding hydrogens is 468 g/mol. The van der Waals surface area contributed by atoms with Crippen LogP contribution in [0.2, 0.25) is 0 Å². The molecule has 0 aliphatic carbocycles. The van der Waals surface area contributed by atoms with Crippen molar-refractivity contribution in [1.29, 1.82) is 0 Å². The molecule has 0 bridgehead atoms. The minimum Gasteiger partial charge on any atom is -0.469 e. The Morgan fingerprint density at radius 3 is 2.51 bits per heavy atom. The topological polar surface area (TPSA) is 121 Å². The summed E-state index contributed by atoms with van der Waals surface area (Å²) in [7, 11) is 1.25. The van der Waals surface area contributed by atoms with Crippen LogP contribution in [0.15, 0.2) is 60.0 Å². The molecule has 1 aromatic heterocycles. The number of anilines is 1. The van der Waals surface area contributed by atoms with Crippen LogP contribution in [-0.4, -0.2) is 57.8 Å². The molecule has 1 aliphatic heterocycles. The average molecular weight is 495 g/mol. The SMILES string of the molecule is COC(=O)CCN1C(=O)N(N)C(Nc2nc(-c3ccccc3)cs2)N(Cc2ccc(C)cc2)C1=O. The molecule has 4 rings (SSSR count). The van der Waals surface area contributed by atoms with Crippen LogP contribution in [0.1, 0.15) is 17.5 Å². The third-order valence-corrected chi connectivity index (χ3v) is 6.33. The number of nitrogens with zero attached hydrogens (tertiary/aromatic N) is 4. The quantitative estimate of drug-likeness (QED) is 0.279. The first-order valence-electron chi connectivity index (χ1n) is 10.9. The van der Waals surface area contributed by atoms with Gasteiger partial charge >= 0.3 is 18.0 Å². The van der Waals surface area contributed by atoms with E-state index in [1.54, 1.807) is 0 Å². The number of hydrazine groups is 1. The van der Waals surface area contributed by atoms with Gasteiger partial charge in [0.2, 0.25) is 6.29 Å². The number of methoxy groups -OCH3 is 1. The predicted molar refractivity (Wildman–Crippen MR) is 132 cm³/mol. The molecule has 0 saturated carbocycles. The third kappa shape index (κ3) is 5.42. The van der Waals surface area contributed by atoms with Gasteiger partial charge in [-0.3, -0.25) is 9.69 Å². The van der Waals surface area contributed by atoms with E-state index >= 15 is 0 Å². The van der Waals surface area contributed by atoms with Gasteiger partial charge in [0.05, 0.1) is 25.8 Å². The lowest BCUT2D eigenvalue weighted by atomic mass is 10.1. The molecule has 3 aromatic rings. The van der Waals surface area contributed by atoms with Gasteiger partial charge in [-0.1, -0.05) is 60.2 Å². The first-order valence-corrected chi connectivity index (χ1v) is 11.8. The molecule has 2 heterocycles.